The van der Waals surface area contributed by atoms with Crippen molar-refractivity contribution in [3.8, 4) is 0 Å². The topological polar surface area (TPSA) is 53.9 Å². The maximum atomic E-state index is 12.5. The molecule has 0 radical (unpaired) electrons. The predicted octanol–water partition coefficient (Wildman–Crippen LogP) is 3.59. The fourth-order valence-corrected chi connectivity index (χ4v) is 5.76. The van der Waals surface area contributed by atoms with Crippen molar-refractivity contribution in [1.82, 2.24) is 10.2 Å². The van der Waals surface area contributed by atoms with E-state index in [1.807, 2.05) is 0 Å². The van der Waals surface area contributed by atoms with Crippen LogP contribution in [0.5, 0.6) is 0 Å². The summed E-state index contributed by atoms with van der Waals surface area (Å²) in [6.45, 7) is 4.49. The Kier molecular flexibility index (Phi) is 5.83. The van der Waals surface area contributed by atoms with Crippen LogP contribution in [0.25, 0.3) is 0 Å². The largest absolute Gasteiger partial charge is 0.365 e. The van der Waals surface area contributed by atoms with E-state index >= 15 is 0 Å². The second-order valence-electron chi connectivity index (χ2n) is 7.76. The molecule has 1 N–H and O–H groups in total. The van der Waals surface area contributed by atoms with Crippen LogP contribution in [0.3, 0.4) is 0 Å². The number of piperidine rings is 1. The van der Waals surface area contributed by atoms with Gasteiger partial charge in [-0.15, -0.1) is 12.4 Å². The monoisotopic (exact) mass is 419 g/mol. The number of nitrogens with one attached hydrogen (secondary N) is 1. The number of benzene rings is 1. The number of carbonyl (C=O) groups excluding carboxylic acids is 1. The first-order valence-electron chi connectivity index (χ1n) is 9.96. The van der Waals surface area contributed by atoms with Gasteiger partial charge in [0.25, 0.3) is 5.91 Å². The lowest BCUT2D eigenvalue weighted by Crippen LogP contribution is -2.44. The first-order chi connectivity index (χ1) is 13.3. The molecule has 4 heterocycles. The smallest absolute Gasteiger partial charge is 0.286 e. The highest BCUT2D eigenvalue weighted by atomic mass is 35.5. The summed E-state index contributed by atoms with van der Waals surface area (Å²) in [5, 5.41) is 4.30. The fourth-order valence-electron chi connectivity index (χ4n) is 4.65. The summed E-state index contributed by atoms with van der Waals surface area (Å²) in [6.07, 6.45) is 4.98. The maximum absolute atomic E-state index is 12.5. The molecule has 150 valence electrons. The van der Waals surface area contributed by atoms with Gasteiger partial charge >= 0.3 is 0 Å². The zero-order valence-electron chi connectivity index (χ0n) is 15.9. The number of likely N-dealkylation sites (tertiary alicyclic amines) is 1. The van der Waals surface area contributed by atoms with Gasteiger partial charge in [0, 0.05) is 13.1 Å². The number of nitrogens with zero attached hydrogens (tertiary/aromatic N) is 2. The highest BCUT2D eigenvalue weighted by Gasteiger charge is 2.43. The van der Waals surface area contributed by atoms with Crippen molar-refractivity contribution < 1.29 is 9.53 Å². The zero-order chi connectivity index (χ0) is 18.3. The van der Waals surface area contributed by atoms with E-state index in [0.717, 1.165) is 68.4 Å². The summed E-state index contributed by atoms with van der Waals surface area (Å²) in [5.74, 6) is -0.0327. The number of hydrogen-bond donors (Lipinski definition) is 1. The molecule has 7 heteroatoms. The summed E-state index contributed by atoms with van der Waals surface area (Å²) in [5.41, 5.74) is 3.82. The van der Waals surface area contributed by atoms with Gasteiger partial charge in [0.2, 0.25) is 0 Å². The zero-order valence-corrected chi connectivity index (χ0v) is 17.5. The molecule has 5 rings (SSSR count). The molecular weight excluding hydrogens is 394 g/mol. The van der Waals surface area contributed by atoms with Gasteiger partial charge < -0.3 is 15.0 Å². The molecule has 4 aliphatic heterocycles. The average molecular weight is 420 g/mol. The van der Waals surface area contributed by atoms with Crippen molar-refractivity contribution in [2.24, 2.45) is 4.99 Å². The summed E-state index contributed by atoms with van der Waals surface area (Å²) in [4.78, 5) is 20.1. The van der Waals surface area contributed by atoms with Gasteiger partial charge in [-0.25, -0.2) is 0 Å². The number of amidine groups is 1. The van der Waals surface area contributed by atoms with Crippen LogP contribution >= 0.6 is 24.2 Å². The number of aliphatic imine (C=N–C) groups is 1. The lowest BCUT2D eigenvalue weighted by atomic mass is 9.84. The van der Waals surface area contributed by atoms with Gasteiger partial charge in [-0.2, -0.15) is 4.99 Å². The number of thioether (sulfide) groups is 1. The van der Waals surface area contributed by atoms with Crippen molar-refractivity contribution in [3.05, 3.63) is 45.9 Å². The van der Waals surface area contributed by atoms with Crippen LogP contribution in [0.2, 0.25) is 0 Å². The molecule has 4 aliphatic rings. The van der Waals surface area contributed by atoms with Crippen molar-refractivity contribution in [3.63, 3.8) is 0 Å². The van der Waals surface area contributed by atoms with E-state index in [1.54, 1.807) is 11.8 Å². The number of carbonyl (C=O) groups is 1. The normalized spacial score (nSPS) is 26.6. The van der Waals surface area contributed by atoms with Crippen LogP contribution in [0, 0.1) is 0 Å². The molecule has 1 aromatic carbocycles. The molecule has 28 heavy (non-hydrogen) atoms. The molecule has 0 saturated carbocycles. The molecule has 1 amide bonds. The second kappa shape index (κ2) is 8.19. The summed E-state index contributed by atoms with van der Waals surface area (Å²) in [7, 11) is 0. The quantitative estimate of drug-likeness (QED) is 0.651. The van der Waals surface area contributed by atoms with E-state index < -0.39 is 0 Å². The molecule has 0 aliphatic carbocycles. The Morgan fingerprint density at radius 2 is 1.96 bits per heavy atom. The van der Waals surface area contributed by atoms with Gasteiger partial charge in [-0.3, -0.25) is 4.79 Å². The van der Waals surface area contributed by atoms with E-state index in [0.29, 0.717) is 6.61 Å². The van der Waals surface area contributed by atoms with Crippen molar-refractivity contribution in [2.75, 3.05) is 26.2 Å². The first kappa shape index (κ1) is 20.0. The van der Waals surface area contributed by atoms with Crippen LogP contribution in [-0.2, 0) is 21.7 Å². The molecule has 0 unspecified atom stereocenters. The Morgan fingerprint density at radius 3 is 2.82 bits per heavy atom. The Labute approximate surface area is 176 Å². The van der Waals surface area contributed by atoms with E-state index in [-0.39, 0.29) is 23.9 Å². The molecule has 0 atom stereocenters. The summed E-state index contributed by atoms with van der Waals surface area (Å²) >= 11 is 1.60. The third-order valence-corrected chi connectivity index (χ3v) is 7.39. The highest BCUT2D eigenvalue weighted by Crippen LogP contribution is 2.45. The van der Waals surface area contributed by atoms with E-state index in [9.17, 15) is 4.79 Å². The summed E-state index contributed by atoms with van der Waals surface area (Å²) < 4.78 is 6.26. The van der Waals surface area contributed by atoms with Crippen molar-refractivity contribution in [1.29, 1.82) is 0 Å². The molecule has 2 saturated heterocycles. The van der Waals surface area contributed by atoms with Gasteiger partial charge in [0.1, 0.15) is 0 Å². The minimum atomic E-state index is -0.144. The van der Waals surface area contributed by atoms with Crippen LogP contribution < -0.4 is 5.32 Å². The number of rotatable bonds is 0. The molecular formula is C21H26ClN3O2S. The van der Waals surface area contributed by atoms with Crippen LogP contribution in [0.4, 0.5) is 0 Å². The van der Waals surface area contributed by atoms with Gasteiger partial charge in [-0.05, 0) is 73.7 Å². The lowest BCUT2D eigenvalue weighted by molar-refractivity contribution is -0.113. The van der Waals surface area contributed by atoms with Gasteiger partial charge in [0.05, 0.1) is 17.1 Å². The number of ether oxygens (including phenoxy) is 1. The number of halogens is 1. The van der Waals surface area contributed by atoms with Gasteiger partial charge in [-0.1, -0.05) is 24.3 Å². The molecule has 1 spiro atoms. The average Bonchev–Trinajstić information content (AvgIpc) is 3.13. The Bertz CT molecular complexity index is 821. The Hall–Kier alpha value is -1.34. The molecule has 0 aromatic heterocycles. The summed E-state index contributed by atoms with van der Waals surface area (Å²) in [6, 6.07) is 8.58. The lowest BCUT2D eigenvalue weighted by Gasteiger charge is -2.39. The van der Waals surface area contributed by atoms with Crippen LogP contribution in [-0.4, -0.2) is 42.2 Å². The predicted molar refractivity (Wildman–Crippen MR) is 115 cm³/mol. The molecule has 2 fully saturated rings. The highest BCUT2D eigenvalue weighted by molar-refractivity contribution is 8.18. The minimum absolute atomic E-state index is 0. The Morgan fingerprint density at radius 1 is 1.14 bits per heavy atom. The second-order valence-corrected chi connectivity index (χ2v) is 8.74. The van der Waals surface area contributed by atoms with Crippen molar-refractivity contribution >= 4 is 35.2 Å². The number of hydrogen-bond acceptors (Lipinski definition) is 5. The minimum Gasteiger partial charge on any atom is -0.365 e. The van der Waals surface area contributed by atoms with Crippen LogP contribution in [0.1, 0.15) is 43.2 Å². The Balaban J connectivity index is 0.00000192. The van der Waals surface area contributed by atoms with E-state index in [4.69, 9.17) is 4.74 Å². The molecule has 5 nitrogen and oxygen atoms in total. The maximum Gasteiger partial charge on any atom is 0.286 e. The number of fused-ring (bicyclic) bond motifs is 2. The molecule has 1 aromatic rings. The van der Waals surface area contributed by atoms with Gasteiger partial charge in [0.15, 0.2) is 5.17 Å². The third-order valence-electron chi connectivity index (χ3n) is 6.20. The van der Waals surface area contributed by atoms with Crippen molar-refractivity contribution in [2.45, 2.75) is 44.3 Å². The first-order valence-corrected chi connectivity index (χ1v) is 10.8. The standard InChI is InChI=1S/C21H25N3O2S.ClH/c25-19-18(15-5-3-10-22-11-7-15)27-20(23-19)24-12-8-21(9-13-24)17-6-2-1-4-16(17)14-26-21;/h1-2,4,6,22H,3,5,7-14H2;1H/b18-15-;. The van der Waals surface area contributed by atoms with Crippen LogP contribution in [0.15, 0.2) is 39.7 Å². The van der Waals surface area contributed by atoms with E-state index in [1.165, 1.54) is 16.7 Å². The van der Waals surface area contributed by atoms with E-state index in [2.05, 4.69) is 39.5 Å². The number of amides is 1. The molecule has 0 bridgehead atoms. The SMILES string of the molecule is Cl.O=C1N=C(N2CCC3(CC2)OCc2ccccc23)S/C1=C1/CCCNCC1. The third kappa shape index (κ3) is 3.52. The fraction of sp³-hybridized carbons (Fsp3) is 0.524.